The van der Waals surface area contributed by atoms with Gasteiger partial charge in [0, 0.05) is 23.4 Å². The normalized spacial score (nSPS) is 32.0. The summed E-state index contributed by atoms with van der Waals surface area (Å²) in [5, 5.41) is 9.01. The first kappa shape index (κ1) is 24.2. The van der Waals surface area contributed by atoms with E-state index >= 15 is 0 Å². The molecule has 2 fully saturated rings. The maximum atomic E-state index is 12.5. The molecule has 0 saturated carbocycles. The molecule has 0 aromatic heterocycles. The van der Waals surface area contributed by atoms with Crippen LogP contribution in [0, 0.1) is 5.92 Å². The van der Waals surface area contributed by atoms with Gasteiger partial charge < -0.3 is 18.8 Å². The molecular weight excluding hydrogens is 516 g/mol. The standard InChI is InChI=1S/C17H26F3IO6S/c1-11(12(2)27-28(23,24)17(18,19)20)8-13-5-6-15-16(10-21,26-13)9-14(25-15)4-3-7-22/h11,13-15,22H,2-10H2,1H3/t11-,13?,14+,15+,16-/m1/s1. The van der Waals surface area contributed by atoms with Crippen LogP contribution in [0.15, 0.2) is 12.3 Å². The van der Waals surface area contributed by atoms with Crippen molar-refractivity contribution in [3.05, 3.63) is 12.3 Å². The largest absolute Gasteiger partial charge is 0.534 e. The first-order valence-electron chi connectivity index (χ1n) is 9.13. The van der Waals surface area contributed by atoms with Crippen LogP contribution in [-0.2, 0) is 23.8 Å². The van der Waals surface area contributed by atoms with Gasteiger partial charge in [-0.05, 0) is 32.1 Å². The molecule has 2 saturated heterocycles. The Bertz CT molecular complexity index is 656. The Labute approximate surface area is 177 Å². The highest BCUT2D eigenvalue weighted by molar-refractivity contribution is 14.1. The monoisotopic (exact) mass is 542 g/mol. The first-order chi connectivity index (χ1) is 12.9. The van der Waals surface area contributed by atoms with Crippen molar-refractivity contribution < 1.29 is 40.4 Å². The number of hydrogen-bond donors (Lipinski definition) is 1. The zero-order valence-electron chi connectivity index (χ0n) is 15.6. The van der Waals surface area contributed by atoms with Crippen molar-refractivity contribution in [1.82, 2.24) is 0 Å². The molecule has 2 aliphatic heterocycles. The zero-order chi connectivity index (χ0) is 21.2. The molecule has 11 heteroatoms. The fraction of sp³-hybridized carbons (Fsp3) is 0.882. The van der Waals surface area contributed by atoms with Crippen LogP contribution in [0.3, 0.4) is 0 Å². The van der Waals surface area contributed by atoms with Gasteiger partial charge in [0.25, 0.3) is 0 Å². The molecule has 0 spiro atoms. The third-order valence-corrected chi connectivity index (χ3v) is 7.54. The second-order valence-electron chi connectivity index (χ2n) is 7.42. The Hall–Kier alpha value is -0.110. The van der Waals surface area contributed by atoms with E-state index in [1.807, 2.05) is 0 Å². The van der Waals surface area contributed by atoms with Crippen LogP contribution in [0.4, 0.5) is 13.2 Å². The molecule has 0 aromatic carbocycles. The van der Waals surface area contributed by atoms with Crippen LogP contribution >= 0.6 is 22.6 Å². The third kappa shape index (κ3) is 5.52. The van der Waals surface area contributed by atoms with E-state index in [-0.39, 0.29) is 24.9 Å². The van der Waals surface area contributed by atoms with Crippen molar-refractivity contribution in [2.45, 2.75) is 74.9 Å². The van der Waals surface area contributed by atoms with Crippen LogP contribution < -0.4 is 0 Å². The van der Waals surface area contributed by atoms with Gasteiger partial charge in [0.15, 0.2) is 0 Å². The molecule has 2 rings (SSSR count). The number of fused-ring (bicyclic) bond motifs is 1. The third-order valence-electron chi connectivity index (χ3n) is 5.25. The van der Waals surface area contributed by atoms with E-state index in [2.05, 4.69) is 33.4 Å². The van der Waals surface area contributed by atoms with E-state index in [4.69, 9.17) is 14.6 Å². The minimum Gasteiger partial charge on any atom is -0.396 e. The summed E-state index contributed by atoms with van der Waals surface area (Å²) in [5.74, 6) is -1.08. The van der Waals surface area contributed by atoms with Crippen molar-refractivity contribution in [1.29, 1.82) is 0 Å². The minimum atomic E-state index is -5.71. The summed E-state index contributed by atoms with van der Waals surface area (Å²) in [4.78, 5) is 0. The maximum Gasteiger partial charge on any atom is 0.534 e. The van der Waals surface area contributed by atoms with Crippen LogP contribution in [0.25, 0.3) is 0 Å². The molecule has 1 unspecified atom stereocenters. The Morgan fingerprint density at radius 1 is 1.39 bits per heavy atom. The summed E-state index contributed by atoms with van der Waals surface area (Å²) < 4.78 is 77.0. The number of ether oxygens (including phenoxy) is 2. The van der Waals surface area contributed by atoms with Gasteiger partial charge in [-0.3, -0.25) is 0 Å². The van der Waals surface area contributed by atoms with E-state index in [0.717, 1.165) is 12.8 Å². The highest BCUT2D eigenvalue weighted by atomic mass is 127. The Balaban J connectivity index is 1.96. The summed E-state index contributed by atoms with van der Waals surface area (Å²) in [5.41, 5.74) is -5.95. The first-order valence-corrected chi connectivity index (χ1v) is 12.1. The fourth-order valence-electron chi connectivity index (χ4n) is 3.73. The van der Waals surface area contributed by atoms with Gasteiger partial charge in [-0.25, -0.2) is 0 Å². The summed E-state index contributed by atoms with van der Waals surface area (Å²) in [7, 11) is -5.71. The smallest absolute Gasteiger partial charge is 0.396 e. The summed E-state index contributed by atoms with van der Waals surface area (Å²) in [6, 6.07) is 0. The number of hydrogen-bond acceptors (Lipinski definition) is 6. The second kappa shape index (κ2) is 9.36. The average Bonchev–Trinajstić information content (AvgIpc) is 2.96. The van der Waals surface area contributed by atoms with Crippen molar-refractivity contribution >= 4 is 32.7 Å². The van der Waals surface area contributed by atoms with Crippen molar-refractivity contribution in [2.24, 2.45) is 5.92 Å². The van der Waals surface area contributed by atoms with Gasteiger partial charge in [-0.1, -0.05) is 36.1 Å². The lowest BCUT2D eigenvalue weighted by Gasteiger charge is -2.41. The van der Waals surface area contributed by atoms with Gasteiger partial charge >= 0.3 is 15.6 Å². The van der Waals surface area contributed by atoms with Gasteiger partial charge in [0.1, 0.15) is 11.4 Å². The summed E-state index contributed by atoms with van der Waals surface area (Å²) in [6.45, 7) is 5.03. The van der Waals surface area contributed by atoms with Gasteiger partial charge in [-0.2, -0.15) is 21.6 Å². The fourth-order valence-corrected chi connectivity index (χ4v) is 5.25. The number of aliphatic hydroxyl groups excluding tert-OH is 1. The molecule has 5 atom stereocenters. The zero-order valence-corrected chi connectivity index (χ0v) is 18.6. The molecule has 6 nitrogen and oxygen atoms in total. The number of aliphatic hydroxyl groups is 1. The predicted octanol–water partition coefficient (Wildman–Crippen LogP) is 3.68. The highest BCUT2D eigenvalue weighted by Crippen LogP contribution is 2.45. The van der Waals surface area contributed by atoms with Gasteiger partial charge in [0.05, 0.1) is 18.3 Å². The molecule has 2 aliphatic rings. The molecule has 0 amide bonds. The molecule has 0 bridgehead atoms. The Morgan fingerprint density at radius 2 is 2.07 bits per heavy atom. The second-order valence-corrected chi connectivity index (χ2v) is 9.72. The number of allylic oxidation sites excluding steroid dienone is 1. The lowest BCUT2D eigenvalue weighted by atomic mass is 9.86. The van der Waals surface area contributed by atoms with Crippen LogP contribution in [0.5, 0.6) is 0 Å². The number of rotatable bonds is 9. The quantitative estimate of drug-likeness (QED) is 0.158. The Morgan fingerprint density at radius 3 is 2.64 bits per heavy atom. The van der Waals surface area contributed by atoms with E-state index in [1.165, 1.54) is 0 Å². The molecule has 0 aliphatic carbocycles. The van der Waals surface area contributed by atoms with Gasteiger partial charge in [0.2, 0.25) is 0 Å². The molecule has 1 N–H and O–H groups in total. The molecule has 2 heterocycles. The Kier molecular flexibility index (Phi) is 8.07. The van der Waals surface area contributed by atoms with E-state index in [0.29, 0.717) is 30.1 Å². The van der Waals surface area contributed by atoms with Crippen molar-refractivity contribution in [3.63, 3.8) is 0 Å². The SMILES string of the molecule is C=C(OS(=O)(=O)C(F)(F)F)[C@H](C)CC1CC[C@@H]2O[C@@H](CCCO)C[C@]2(CI)O1. The van der Waals surface area contributed by atoms with Crippen molar-refractivity contribution in [3.8, 4) is 0 Å². The highest BCUT2D eigenvalue weighted by Gasteiger charge is 2.52. The van der Waals surface area contributed by atoms with Gasteiger partial charge in [-0.15, -0.1) is 0 Å². The van der Waals surface area contributed by atoms with Crippen LogP contribution in [-0.4, -0.2) is 54.0 Å². The molecule has 0 aromatic rings. The molecule has 28 heavy (non-hydrogen) atoms. The van der Waals surface area contributed by atoms with Crippen LogP contribution in [0.2, 0.25) is 0 Å². The lowest BCUT2D eigenvalue weighted by molar-refractivity contribution is -0.156. The minimum absolute atomic E-state index is 0.0123. The van der Waals surface area contributed by atoms with E-state index in [9.17, 15) is 21.6 Å². The molecule has 164 valence electrons. The van der Waals surface area contributed by atoms with E-state index < -0.39 is 32.9 Å². The maximum absolute atomic E-state index is 12.5. The topological polar surface area (TPSA) is 82.1 Å². The van der Waals surface area contributed by atoms with Crippen molar-refractivity contribution in [2.75, 3.05) is 11.0 Å². The lowest BCUT2D eigenvalue weighted by Crippen LogP contribution is -2.50. The summed E-state index contributed by atoms with van der Waals surface area (Å²) in [6.07, 6.45) is 3.52. The number of alkyl halides is 4. The predicted molar refractivity (Wildman–Crippen MR) is 104 cm³/mol. The van der Waals surface area contributed by atoms with Crippen LogP contribution in [0.1, 0.15) is 45.4 Å². The van der Waals surface area contributed by atoms with E-state index in [1.54, 1.807) is 6.92 Å². The number of halogens is 4. The average molecular weight is 542 g/mol. The molecule has 0 radical (unpaired) electrons. The summed E-state index contributed by atoms with van der Waals surface area (Å²) >= 11 is 2.25. The molecular formula is C17H26F3IO6S.